The van der Waals surface area contributed by atoms with Crippen LogP contribution in [0.4, 0.5) is 0 Å². The standard InChI is InChI=1S/C38H19IN3O/c40-20-22-5-10-33-28(15-22)29-19-26(9-11-34(29)39-33)42-35-4-2-1-3-27(35)30-17-24(7-12-36(30)42)25-8-14-38-32(18-25)31-16-23(21-41)6-13-37(31)43-38/h1-19H/q-1. The molecule has 8 aromatic rings. The van der Waals surface area contributed by atoms with E-state index in [1.807, 2.05) is 30.3 Å². The second kappa shape index (κ2) is 9.06. The summed E-state index contributed by atoms with van der Waals surface area (Å²) in [5.41, 5.74) is 11.0. The van der Waals surface area contributed by atoms with Crippen molar-refractivity contribution >= 4 is 43.7 Å². The van der Waals surface area contributed by atoms with Crippen LogP contribution in [-0.2, 0) is 0 Å². The summed E-state index contributed by atoms with van der Waals surface area (Å²) in [5, 5.41) is 23.3. The minimum absolute atomic E-state index is 0.253. The van der Waals surface area contributed by atoms with Crippen molar-refractivity contribution in [3.05, 3.63) is 134 Å². The van der Waals surface area contributed by atoms with Crippen LogP contribution in [-0.4, -0.2) is 4.57 Å². The number of hydrogen-bond acceptors (Lipinski definition) is 3. The zero-order valence-electron chi connectivity index (χ0n) is 22.6. The van der Waals surface area contributed by atoms with Gasteiger partial charge in [-0.3, -0.25) is 0 Å². The molecule has 5 heteroatoms. The minimum atomic E-state index is -0.253. The number of hydrogen-bond donors (Lipinski definition) is 0. The summed E-state index contributed by atoms with van der Waals surface area (Å²) in [7, 11) is 0. The topological polar surface area (TPSA) is 65.7 Å². The molecule has 1 aliphatic heterocycles. The molecule has 1 aliphatic rings. The molecule has 43 heavy (non-hydrogen) atoms. The predicted molar refractivity (Wildman–Crippen MR) is 166 cm³/mol. The summed E-state index contributed by atoms with van der Waals surface area (Å²) in [6, 6.07) is 44.6. The third-order valence-electron chi connectivity index (χ3n) is 8.40. The van der Waals surface area contributed by atoms with Gasteiger partial charge in [0.05, 0.1) is 11.6 Å². The molecule has 0 radical (unpaired) electrons. The molecule has 0 saturated heterocycles. The van der Waals surface area contributed by atoms with E-state index in [0.717, 1.165) is 49.8 Å². The Kier molecular flexibility index (Phi) is 5.11. The number of para-hydroxylation sites is 1. The van der Waals surface area contributed by atoms with Crippen LogP contribution in [0.5, 0.6) is 0 Å². The summed E-state index contributed by atoms with van der Waals surface area (Å²) < 4.78 is 11.2. The fraction of sp³-hybridized carbons (Fsp3) is 0. The van der Waals surface area contributed by atoms with Gasteiger partial charge < -0.3 is 4.42 Å². The summed E-state index contributed by atoms with van der Waals surface area (Å²) in [6.45, 7) is 0. The zero-order valence-corrected chi connectivity index (χ0v) is 24.8. The van der Waals surface area contributed by atoms with Crippen molar-refractivity contribution in [3.8, 4) is 40.1 Å². The second-order valence-electron chi connectivity index (χ2n) is 10.8. The number of benzene rings is 6. The van der Waals surface area contributed by atoms with E-state index in [2.05, 4.69) is 95.6 Å². The predicted octanol–water partition coefficient (Wildman–Crippen LogP) is 6.20. The van der Waals surface area contributed by atoms with Crippen molar-refractivity contribution in [2.75, 3.05) is 0 Å². The van der Waals surface area contributed by atoms with Crippen molar-refractivity contribution < 1.29 is 25.6 Å². The van der Waals surface area contributed by atoms with E-state index in [1.165, 1.54) is 29.0 Å². The molecule has 0 saturated carbocycles. The van der Waals surface area contributed by atoms with Gasteiger partial charge >= 0.3 is 202 Å². The van der Waals surface area contributed by atoms with Gasteiger partial charge in [0.15, 0.2) is 0 Å². The molecular weight excluding hydrogens is 641 g/mol. The summed E-state index contributed by atoms with van der Waals surface area (Å²) in [5.74, 6) is 0. The van der Waals surface area contributed by atoms with Gasteiger partial charge in [-0.15, -0.1) is 0 Å². The number of furan rings is 1. The van der Waals surface area contributed by atoms with E-state index < -0.39 is 0 Å². The molecule has 0 unspecified atom stereocenters. The normalized spacial score (nSPS) is 12.2. The monoisotopic (exact) mass is 660 g/mol. The van der Waals surface area contributed by atoms with Crippen molar-refractivity contribution in [2.45, 2.75) is 0 Å². The van der Waals surface area contributed by atoms with Crippen LogP contribution < -0.4 is 21.2 Å². The molecular formula is C38H19IN3O-. The van der Waals surface area contributed by atoms with Crippen LogP contribution in [0.15, 0.2) is 120 Å². The Labute approximate surface area is 256 Å². The summed E-state index contributed by atoms with van der Waals surface area (Å²) >= 11 is -0.253. The Morgan fingerprint density at radius 2 is 1.16 bits per heavy atom. The Hall–Kier alpha value is -5.37. The van der Waals surface area contributed by atoms with E-state index in [9.17, 15) is 10.5 Å². The van der Waals surface area contributed by atoms with Crippen LogP contribution in [0.2, 0.25) is 0 Å². The van der Waals surface area contributed by atoms with E-state index in [1.54, 1.807) is 6.07 Å². The van der Waals surface area contributed by atoms with Gasteiger partial charge in [-0.05, 0) is 18.2 Å². The number of nitriles is 2. The van der Waals surface area contributed by atoms with E-state index in [-0.39, 0.29) is 21.2 Å². The molecule has 200 valence electrons. The fourth-order valence-electron chi connectivity index (χ4n) is 6.39. The first-order valence-electron chi connectivity index (χ1n) is 13.9. The molecule has 0 fully saturated rings. The van der Waals surface area contributed by atoms with E-state index >= 15 is 0 Å². The molecule has 0 N–H and O–H groups in total. The van der Waals surface area contributed by atoms with Crippen molar-refractivity contribution in [1.82, 2.24) is 4.57 Å². The van der Waals surface area contributed by atoms with Gasteiger partial charge in [-0.1, -0.05) is 0 Å². The maximum atomic E-state index is 9.51. The number of fused-ring (bicyclic) bond motifs is 9. The molecule has 0 aliphatic carbocycles. The zero-order chi connectivity index (χ0) is 28.7. The van der Waals surface area contributed by atoms with Gasteiger partial charge in [-0.25, -0.2) is 0 Å². The Balaban J connectivity index is 1.23. The molecule has 0 spiro atoms. The number of aromatic nitrogens is 1. The third-order valence-corrected chi connectivity index (χ3v) is 11.4. The SMILES string of the molecule is N#Cc1ccc2c(c1)-c1cc(-n3c4ccccc4c4cc(-c5ccc6oc7ccc(C#N)cc7c6c5)ccc43)ccc1[I-]2. The average molecular weight is 660 g/mol. The van der Waals surface area contributed by atoms with Crippen molar-refractivity contribution in [2.24, 2.45) is 0 Å². The average Bonchev–Trinajstić information content (AvgIpc) is 3.72. The fourth-order valence-corrected chi connectivity index (χ4v) is 9.21. The first kappa shape index (κ1) is 24.2. The first-order valence-corrected chi connectivity index (χ1v) is 16.1. The van der Waals surface area contributed by atoms with E-state index in [4.69, 9.17) is 4.42 Å². The van der Waals surface area contributed by atoms with Crippen LogP contribution in [0, 0.1) is 29.8 Å². The number of nitrogens with zero attached hydrogens (tertiary/aromatic N) is 3. The molecule has 0 amide bonds. The first-order chi connectivity index (χ1) is 21.2. The van der Waals surface area contributed by atoms with Crippen LogP contribution in [0.25, 0.3) is 71.7 Å². The van der Waals surface area contributed by atoms with Crippen molar-refractivity contribution in [1.29, 1.82) is 10.5 Å². The molecule has 6 aromatic carbocycles. The Morgan fingerprint density at radius 1 is 0.535 bits per heavy atom. The molecule has 0 bridgehead atoms. The van der Waals surface area contributed by atoms with Gasteiger partial charge in [-0.2, -0.15) is 5.26 Å². The maximum absolute atomic E-state index is 9.51. The summed E-state index contributed by atoms with van der Waals surface area (Å²) in [4.78, 5) is 0. The van der Waals surface area contributed by atoms with Crippen LogP contribution >= 0.6 is 0 Å². The third kappa shape index (κ3) is 3.59. The van der Waals surface area contributed by atoms with Crippen molar-refractivity contribution in [3.63, 3.8) is 0 Å². The second-order valence-corrected chi connectivity index (χ2v) is 13.6. The van der Waals surface area contributed by atoms with E-state index in [0.29, 0.717) is 11.1 Å². The van der Waals surface area contributed by atoms with Gasteiger partial charge in [0.1, 0.15) is 11.2 Å². The number of halogens is 1. The van der Waals surface area contributed by atoms with Gasteiger partial charge in [0.25, 0.3) is 0 Å². The quantitative estimate of drug-likeness (QED) is 0.208. The molecule has 2 aromatic heterocycles. The Morgan fingerprint density at radius 3 is 2.00 bits per heavy atom. The van der Waals surface area contributed by atoms with Crippen LogP contribution in [0.1, 0.15) is 11.1 Å². The summed E-state index contributed by atoms with van der Waals surface area (Å²) in [6.07, 6.45) is 0. The molecule has 0 atom stereocenters. The van der Waals surface area contributed by atoms with Crippen LogP contribution in [0.3, 0.4) is 0 Å². The number of rotatable bonds is 2. The van der Waals surface area contributed by atoms with Gasteiger partial charge in [0.2, 0.25) is 0 Å². The van der Waals surface area contributed by atoms with Gasteiger partial charge in [0, 0.05) is 5.39 Å². The molecule has 3 heterocycles. The molecule has 4 nitrogen and oxygen atoms in total. The molecule has 9 rings (SSSR count). The Bertz CT molecular complexity index is 2570.